The van der Waals surface area contributed by atoms with Crippen molar-refractivity contribution in [3.63, 3.8) is 0 Å². The summed E-state index contributed by atoms with van der Waals surface area (Å²) >= 11 is 0. The van der Waals surface area contributed by atoms with Crippen molar-refractivity contribution in [2.75, 3.05) is 5.73 Å². The van der Waals surface area contributed by atoms with E-state index in [1.54, 1.807) is 30.5 Å². The first-order chi connectivity index (χ1) is 8.93. The second-order valence-corrected chi connectivity index (χ2v) is 5.09. The van der Waals surface area contributed by atoms with Crippen LogP contribution in [0.1, 0.15) is 25.6 Å². The fourth-order valence-electron chi connectivity index (χ4n) is 2.60. The van der Waals surface area contributed by atoms with Gasteiger partial charge in [0.2, 0.25) is 0 Å². The number of aromatic nitrogens is 3. The maximum atomic E-state index is 10.4. The zero-order chi connectivity index (χ0) is 13.8. The van der Waals surface area contributed by atoms with Crippen molar-refractivity contribution in [1.82, 2.24) is 14.6 Å². The first kappa shape index (κ1) is 12.3. The van der Waals surface area contributed by atoms with Gasteiger partial charge < -0.3 is 20.7 Å². The summed E-state index contributed by atoms with van der Waals surface area (Å²) in [5, 5.41) is 24.5. The van der Waals surface area contributed by atoms with E-state index >= 15 is 0 Å². The van der Waals surface area contributed by atoms with Gasteiger partial charge in [0.05, 0.1) is 11.8 Å². The molecule has 7 heteroatoms. The van der Waals surface area contributed by atoms with E-state index in [-0.39, 0.29) is 0 Å². The van der Waals surface area contributed by atoms with Crippen molar-refractivity contribution >= 4 is 11.3 Å². The predicted octanol–water partition coefficient (Wildman–Crippen LogP) is -0.117. The summed E-state index contributed by atoms with van der Waals surface area (Å²) < 4.78 is 7.23. The highest BCUT2D eigenvalue weighted by Gasteiger charge is 2.51. The third kappa shape index (κ3) is 1.62. The SMILES string of the molecule is C[C@H]1O[C@@H](c2ccc3c(N)ncnn23)[C@](C)(O)[C@@H]1O. The third-order valence-electron chi connectivity index (χ3n) is 3.70. The van der Waals surface area contributed by atoms with Crippen LogP contribution in [0.4, 0.5) is 5.82 Å². The second kappa shape index (κ2) is 3.89. The monoisotopic (exact) mass is 264 g/mol. The van der Waals surface area contributed by atoms with Gasteiger partial charge >= 0.3 is 0 Å². The van der Waals surface area contributed by atoms with Crippen molar-refractivity contribution in [3.05, 3.63) is 24.2 Å². The molecule has 1 fully saturated rings. The molecule has 1 aliphatic heterocycles. The lowest BCUT2D eigenvalue weighted by molar-refractivity contribution is -0.0664. The predicted molar refractivity (Wildman–Crippen MR) is 67.3 cm³/mol. The first-order valence-electron chi connectivity index (χ1n) is 6.07. The number of ether oxygens (including phenoxy) is 1. The van der Waals surface area contributed by atoms with E-state index in [4.69, 9.17) is 10.5 Å². The standard InChI is InChI=1S/C12H16N4O3/c1-6-9(17)12(2,18)10(19-6)7-3-4-8-11(13)14-5-15-16(7)8/h3-6,9-10,17-18H,1-2H3,(H2,13,14,15)/t6-,9-,10+,12-/m1/s1. The highest BCUT2D eigenvalue weighted by atomic mass is 16.5. The van der Waals surface area contributed by atoms with E-state index in [2.05, 4.69) is 10.1 Å². The zero-order valence-electron chi connectivity index (χ0n) is 10.7. The summed E-state index contributed by atoms with van der Waals surface area (Å²) in [4.78, 5) is 3.91. The number of aliphatic hydroxyl groups is 2. The molecule has 0 unspecified atom stereocenters. The van der Waals surface area contributed by atoms with Gasteiger partial charge in [-0.3, -0.25) is 0 Å². The van der Waals surface area contributed by atoms with E-state index < -0.39 is 23.9 Å². The Balaban J connectivity index is 2.13. The molecule has 0 aromatic carbocycles. The molecule has 3 rings (SSSR count). The Labute approximate surface area is 109 Å². The van der Waals surface area contributed by atoms with Gasteiger partial charge in [0.15, 0.2) is 5.82 Å². The smallest absolute Gasteiger partial charge is 0.151 e. The molecule has 0 bridgehead atoms. The summed E-state index contributed by atoms with van der Waals surface area (Å²) in [6, 6.07) is 3.53. The number of rotatable bonds is 1. The normalized spacial score (nSPS) is 35.1. The van der Waals surface area contributed by atoms with E-state index in [1.165, 1.54) is 6.33 Å². The molecule has 0 spiro atoms. The van der Waals surface area contributed by atoms with E-state index in [1.807, 2.05) is 0 Å². The highest BCUT2D eigenvalue weighted by molar-refractivity contribution is 5.65. The van der Waals surface area contributed by atoms with Crippen LogP contribution in [-0.2, 0) is 4.74 Å². The lowest BCUT2D eigenvalue weighted by Gasteiger charge is -2.26. The molecular formula is C12H16N4O3. The number of hydrogen-bond donors (Lipinski definition) is 3. The maximum absolute atomic E-state index is 10.4. The van der Waals surface area contributed by atoms with Gasteiger partial charge in [0.1, 0.15) is 29.7 Å². The fraction of sp³-hybridized carbons (Fsp3) is 0.500. The minimum absolute atomic E-state index is 0.354. The van der Waals surface area contributed by atoms with Crippen LogP contribution in [0, 0.1) is 0 Å². The molecular weight excluding hydrogens is 248 g/mol. The Morgan fingerprint density at radius 2 is 2.21 bits per heavy atom. The lowest BCUT2D eigenvalue weighted by Crippen LogP contribution is -2.41. The molecule has 4 atom stereocenters. The van der Waals surface area contributed by atoms with Crippen LogP contribution in [-0.4, -0.2) is 42.6 Å². The quantitative estimate of drug-likeness (QED) is 0.663. The molecule has 3 heterocycles. The Kier molecular flexibility index (Phi) is 2.53. The van der Waals surface area contributed by atoms with Gasteiger partial charge in [0, 0.05) is 0 Å². The Bertz CT molecular complexity index is 624. The van der Waals surface area contributed by atoms with Crippen LogP contribution < -0.4 is 5.73 Å². The van der Waals surface area contributed by atoms with E-state index in [0.717, 1.165) is 0 Å². The molecule has 102 valence electrons. The van der Waals surface area contributed by atoms with Gasteiger partial charge in [-0.25, -0.2) is 9.50 Å². The molecule has 0 aliphatic carbocycles. The molecule has 0 saturated carbocycles. The average Bonchev–Trinajstić information content (AvgIpc) is 2.86. The van der Waals surface area contributed by atoms with Crippen LogP contribution in [0.25, 0.3) is 5.52 Å². The molecule has 19 heavy (non-hydrogen) atoms. The number of anilines is 1. The lowest BCUT2D eigenvalue weighted by atomic mass is 9.91. The molecule has 7 nitrogen and oxygen atoms in total. The van der Waals surface area contributed by atoms with Crippen molar-refractivity contribution < 1.29 is 14.9 Å². The molecule has 1 aliphatic rings. The molecule has 4 N–H and O–H groups in total. The van der Waals surface area contributed by atoms with Gasteiger partial charge in [-0.05, 0) is 26.0 Å². The maximum Gasteiger partial charge on any atom is 0.151 e. The van der Waals surface area contributed by atoms with Crippen molar-refractivity contribution in [2.24, 2.45) is 0 Å². The Morgan fingerprint density at radius 1 is 1.47 bits per heavy atom. The fourth-order valence-corrected chi connectivity index (χ4v) is 2.60. The molecule has 0 amide bonds. The first-order valence-corrected chi connectivity index (χ1v) is 6.07. The zero-order valence-corrected chi connectivity index (χ0v) is 10.7. The largest absolute Gasteiger partial charge is 0.387 e. The summed E-state index contributed by atoms with van der Waals surface area (Å²) in [7, 11) is 0. The number of nitrogens with two attached hydrogens (primary N) is 1. The summed E-state index contributed by atoms with van der Waals surface area (Å²) in [6.07, 6.45) is -0.740. The summed E-state index contributed by atoms with van der Waals surface area (Å²) in [5.41, 5.74) is 5.67. The Hall–Kier alpha value is -1.70. The number of hydrogen-bond acceptors (Lipinski definition) is 6. The number of nitrogens with zero attached hydrogens (tertiary/aromatic N) is 3. The topological polar surface area (TPSA) is 106 Å². The van der Waals surface area contributed by atoms with Crippen LogP contribution in [0.3, 0.4) is 0 Å². The minimum Gasteiger partial charge on any atom is -0.387 e. The number of nitrogen functional groups attached to an aromatic ring is 1. The molecule has 0 radical (unpaired) electrons. The average molecular weight is 264 g/mol. The van der Waals surface area contributed by atoms with Crippen LogP contribution in [0.2, 0.25) is 0 Å². The van der Waals surface area contributed by atoms with Gasteiger partial charge in [-0.2, -0.15) is 5.10 Å². The van der Waals surface area contributed by atoms with Gasteiger partial charge in [0.25, 0.3) is 0 Å². The third-order valence-corrected chi connectivity index (χ3v) is 3.70. The van der Waals surface area contributed by atoms with E-state index in [9.17, 15) is 10.2 Å². The second-order valence-electron chi connectivity index (χ2n) is 5.09. The molecule has 1 saturated heterocycles. The number of fused-ring (bicyclic) bond motifs is 1. The van der Waals surface area contributed by atoms with Crippen LogP contribution in [0.5, 0.6) is 0 Å². The van der Waals surface area contributed by atoms with Crippen molar-refractivity contribution in [1.29, 1.82) is 0 Å². The van der Waals surface area contributed by atoms with Gasteiger partial charge in [-0.1, -0.05) is 0 Å². The van der Waals surface area contributed by atoms with Crippen molar-refractivity contribution in [2.45, 2.75) is 37.8 Å². The summed E-state index contributed by atoms with van der Waals surface area (Å²) in [5.74, 6) is 0.354. The van der Waals surface area contributed by atoms with Crippen LogP contribution in [0.15, 0.2) is 18.5 Å². The molecule has 2 aromatic rings. The van der Waals surface area contributed by atoms with Crippen LogP contribution >= 0.6 is 0 Å². The Morgan fingerprint density at radius 3 is 2.84 bits per heavy atom. The summed E-state index contributed by atoms with van der Waals surface area (Å²) in [6.45, 7) is 3.27. The van der Waals surface area contributed by atoms with Gasteiger partial charge in [-0.15, -0.1) is 0 Å². The van der Waals surface area contributed by atoms with Crippen molar-refractivity contribution in [3.8, 4) is 0 Å². The minimum atomic E-state index is -1.38. The number of aliphatic hydroxyl groups excluding tert-OH is 1. The molecule has 2 aromatic heterocycles. The highest BCUT2D eigenvalue weighted by Crippen LogP contribution is 2.41. The van der Waals surface area contributed by atoms with E-state index in [0.29, 0.717) is 17.0 Å².